The molecule has 0 atom stereocenters. The van der Waals surface area contributed by atoms with Gasteiger partial charge in [0.25, 0.3) is 0 Å². The maximum Gasteiger partial charge on any atom is 0.212 e. The van der Waals surface area contributed by atoms with Crippen LogP contribution in [0.5, 0.6) is 0 Å². The Morgan fingerprint density at radius 2 is 2.12 bits per heavy atom. The fourth-order valence-corrected chi connectivity index (χ4v) is 3.76. The van der Waals surface area contributed by atoms with E-state index in [2.05, 4.69) is 41.9 Å². The summed E-state index contributed by atoms with van der Waals surface area (Å²) in [5.74, 6) is 0.0945. The molecule has 1 rings (SSSR count). The maximum absolute atomic E-state index is 11.1. The molecule has 1 aromatic heterocycles. The standard InChI is InChI=1S/C8H12Br2N2O2S2/c1-11-16(13,14)3-2-12-5-6-4-7(9)8(10)15-6/h4,11-12H,2-3,5H2,1H3. The third kappa shape index (κ3) is 4.80. The Balaban J connectivity index is 2.31. The summed E-state index contributed by atoms with van der Waals surface area (Å²) in [5, 5.41) is 3.08. The summed E-state index contributed by atoms with van der Waals surface area (Å²) in [6.45, 7) is 1.12. The third-order valence-electron chi connectivity index (χ3n) is 1.85. The summed E-state index contributed by atoms with van der Waals surface area (Å²) in [6.07, 6.45) is 0. The normalized spacial score (nSPS) is 11.9. The molecule has 0 radical (unpaired) electrons. The van der Waals surface area contributed by atoms with E-state index in [0.717, 1.165) is 13.1 Å². The van der Waals surface area contributed by atoms with Gasteiger partial charge >= 0.3 is 0 Å². The molecule has 2 N–H and O–H groups in total. The topological polar surface area (TPSA) is 58.2 Å². The van der Waals surface area contributed by atoms with E-state index in [4.69, 9.17) is 0 Å². The van der Waals surface area contributed by atoms with Crippen LogP contribution in [0.4, 0.5) is 0 Å². The van der Waals surface area contributed by atoms with Crippen LogP contribution in [0.15, 0.2) is 14.3 Å². The quantitative estimate of drug-likeness (QED) is 0.728. The SMILES string of the molecule is CNS(=O)(=O)CCNCc1cc(Br)c(Br)s1. The molecule has 8 heteroatoms. The molecule has 92 valence electrons. The molecule has 16 heavy (non-hydrogen) atoms. The van der Waals surface area contributed by atoms with E-state index in [-0.39, 0.29) is 5.75 Å². The van der Waals surface area contributed by atoms with Crippen molar-refractivity contribution < 1.29 is 8.42 Å². The van der Waals surface area contributed by atoms with E-state index in [0.29, 0.717) is 13.1 Å². The molecule has 0 aliphatic carbocycles. The maximum atomic E-state index is 11.1. The fraction of sp³-hybridized carbons (Fsp3) is 0.500. The number of sulfonamides is 1. The van der Waals surface area contributed by atoms with Gasteiger partial charge in [0, 0.05) is 22.4 Å². The Bertz CT molecular complexity index is 425. The van der Waals surface area contributed by atoms with Gasteiger partial charge in [-0.25, -0.2) is 13.1 Å². The summed E-state index contributed by atoms with van der Waals surface area (Å²) < 4.78 is 26.6. The van der Waals surface area contributed by atoms with E-state index >= 15 is 0 Å². The molecule has 0 saturated carbocycles. The molecule has 0 spiro atoms. The average Bonchev–Trinajstić information content (AvgIpc) is 2.54. The van der Waals surface area contributed by atoms with Crippen molar-refractivity contribution in [2.24, 2.45) is 0 Å². The summed E-state index contributed by atoms with van der Waals surface area (Å²) in [5.41, 5.74) is 0. The van der Waals surface area contributed by atoms with Gasteiger partial charge in [-0.05, 0) is 45.0 Å². The zero-order valence-corrected chi connectivity index (χ0v) is 13.4. The first-order valence-electron chi connectivity index (χ1n) is 4.50. The molecule has 0 saturated heterocycles. The Morgan fingerprint density at radius 1 is 1.44 bits per heavy atom. The van der Waals surface area contributed by atoms with Crippen LogP contribution in [0.2, 0.25) is 0 Å². The van der Waals surface area contributed by atoms with Gasteiger partial charge in [-0.15, -0.1) is 11.3 Å². The summed E-state index contributed by atoms with van der Waals surface area (Å²) in [6, 6.07) is 2.01. The predicted octanol–water partition coefficient (Wildman–Crippen LogP) is 1.91. The minimum absolute atomic E-state index is 0.0945. The first kappa shape index (κ1) is 14.6. The second-order valence-corrected chi connectivity index (χ2v) is 8.39. The van der Waals surface area contributed by atoms with Crippen LogP contribution in [0.25, 0.3) is 0 Å². The number of nitrogens with one attached hydrogen (secondary N) is 2. The van der Waals surface area contributed by atoms with Crippen LogP contribution in [0.1, 0.15) is 4.88 Å². The van der Waals surface area contributed by atoms with Crippen LogP contribution in [0, 0.1) is 0 Å². The second kappa shape index (κ2) is 6.46. The van der Waals surface area contributed by atoms with Crippen LogP contribution < -0.4 is 10.0 Å². The molecule has 0 bridgehead atoms. The number of rotatable bonds is 6. The zero-order chi connectivity index (χ0) is 12.2. The van der Waals surface area contributed by atoms with Crippen molar-refractivity contribution in [3.8, 4) is 0 Å². The van der Waals surface area contributed by atoms with E-state index in [1.165, 1.54) is 7.05 Å². The van der Waals surface area contributed by atoms with Crippen molar-refractivity contribution >= 4 is 53.2 Å². The number of hydrogen-bond acceptors (Lipinski definition) is 4. The molecule has 0 aromatic carbocycles. The highest BCUT2D eigenvalue weighted by Gasteiger charge is 2.07. The molecule has 0 amide bonds. The second-order valence-electron chi connectivity index (χ2n) is 3.03. The van der Waals surface area contributed by atoms with Crippen molar-refractivity contribution in [1.29, 1.82) is 0 Å². The molecule has 0 aliphatic heterocycles. The van der Waals surface area contributed by atoms with Gasteiger partial charge in [0.2, 0.25) is 10.0 Å². The van der Waals surface area contributed by atoms with Crippen molar-refractivity contribution in [1.82, 2.24) is 10.0 Å². The molecular formula is C8H12Br2N2O2S2. The third-order valence-corrected chi connectivity index (χ3v) is 6.47. The van der Waals surface area contributed by atoms with E-state index in [9.17, 15) is 8.42 Å². The summed E-state index contributed by atoms with van der Waals surface area (Å²) in [4.78, 5) is 1.15. The lowest BCUT2D eigenvalue weighted by atomic mass is 10.4. The Labute approximate surface area is 116 Å². The van der Waals surface area contributed by atoms with Crippen LogP contribution >= 0.6 is 43.2 Å². The lowest BCUT2D eigenvalue weighted by Gasteiger charge is -2.03. The average molecular weight is 392 g/mol. The van der Waals surface area contributed by atoms with Gasteiger partial charge in [0.05, 0.1) is 9.54 Å². The Hall–Kier alpha value is 0.530. The highest BCUT2D eigenvalue weighted by Crippen LogP contribution is 2.32. The molecule has 0 fully saturated rings. The number of thiophene rings is 1. The monoisotopic (exact) mass is 390 g/mol. The van der Waals surface area contributed by atoms with Crippen molar-refractivity contribution in [3.05, 3.63) is 19.2 Å². The van der Waals surface area contributed by atoms with Gasteiger partial charge in [-0.3, -0.25) is 0 Å². The molecular weight excluding hydrogens is 380 g/mol. The van der Waals surface area contributed by atoms with E-state index < -0.39 is 10.0 Å². The fourth-order valence-electron chi connectivity index (χ4n) is 0.999. The number of halogens is 2. The molecule has 4 nitrogen and oxygen atoms in total. The highest BCUT2D eigenvalue weighted by atomic mass is 79.9. The van der Waals surface area contributed by atoms with E-state index in [1.54, 1.807) is 11.3 Å². The first-order chi connectivity index (χ1) is 7.44. The van der Waals surface area contributed by atoms with Crippen LogP contribution in [0.3, 0.4) is 0 Å². The smallest absolute Gasteiger partial charge is 0.212 e. The zero-order valence-electron chi connectivity index (χ0n) is 8.59. The Kier molecular flexibility index (Phi) is 5.89. The van der Waals surface area contributed by atoms with Crippen LogP contribution in [-0.2, 0) is 16.6 Å². The van der Waals surface area contributed by atoms with Crippen LogP contribution in [-0.4, -0.2) is 27.8 Å². The van der Waals surface area contributed by atoms with Crippen molar-refractivity contribution in [2.45, 2.75) is 6.54 Å². The minimum Gasteiger partial charge on any atom is -0.311 e. The molecule has 0 aliphatic rings. The van der Waals surface area contributed by atoms with Crippen molar-refractivity contribution in [2.75, 3.05) is 19.3 Å². The van der Waals surface area contributed by atoms with Gasteiger partial charge in [0.1, 0.15) is 0 Å². The molecule has 1 aromatic rings. The summed E-state index contributed by atoms with van der Waals surface area (Å²) >= 11 is 8.42. The highest BCUT2D eigenvalue weighted by molar-refractivity contribution is 9.13. The predicted molar refractivity (Wildman–Crippen MR) is 74.3 cm³/mol. The number of hydrogen-bond donors (Lipinski definition) is 2. The van der Waals surface area contributed by atoms with Gasteiger partial charge < -0.3 is 5.32 Å². The first-order valence-corrected chi connectivity index (χ1v) is 8.56. The van der Waals surface area contributed by atoms with Gasteiger partial charge in [0.15, 0.2) is 0 Å². The summed E-state index contributed by atoms with van der Waals surface area (Å²) in [7, 11) is -1.69. The van der Waals surface area contributed by atoms with Gasteiger partial charge in [-0.1, -0.05) is 0 Å². The Morgan fingerprint density at radius 3 is 2.62 bits per heavy atom. The minimum atomic E-state index is -3.10. The lowest BCUT2D eigenvalue weighted by molar-refractivity contribution is 0.583. The largest absolute Gasteiger partial charge is 0.311 e. The molecule has 0 unspecified atom stereocenters. The lowest BCUT2D eigenvalue weighted by Crippen LogP contribution is -2.29. The van der Waals surface area contributed by atoms with Gasteiger partial charge in [-0.2, -0.15) is 0 Å². The van der Waals surface area contributed by atoms with Crippen molar-refractivity contribution in [3.63, 3.8) is 0 Å². The van der Waals surface area contributed by atoms with E-state index in [1.807, 2.05) is 6.07 Å². The molecule has 1 heterocycles.